The van der Waals surface area contributed by atoms with E-state index in [1.165, 1.54) is 180 Å². The van der Waals surface area contributed by atoms with E-state index >= 15 is 0 Å². The molecule has 78 heavy (non-hydrogen) atoms. The minimum Gasteiger partial charge on any atom is -0.462 e. The second kappa shape index (κ2) is 66.1. The molecule has 0 fully saturated rings. The van der Waals surface area contributed by atoms with Gasteiger partial charge in [0.2, 0.25) is 0 Å². The van der Waals surface area contributed by atoms with Crippen molar-refractivity contribution in [2.24, 2.45) is 0 Å². The first-order valence-electron chi connectivity index (χ1n) is 33.6. The molecular formula is C72H126O6. The molecule has 1 unspecified atom stereocenters. The molecule has 0 aromatic carbocycles. The largest absolute Gasteiger partial charge is 0.462 e. The van der Waals surface area contributed by atoms with E-state index in [1.54, 1.807) is 0 Å². The van der Waals surface area contributed by atoms with Crippen molar-refractivity contribution in [3.05, 3.63) is 85.1 Å². The summed E-state index contributed by atoms with van der Waals surface area (Å²) in [4.78, 5) is 38.2. The Kier molecular flexibility index (Phi) is 63.2. The maximum Gasteiger partial charge on any atom is 0.306 e. The van der Waals surface area contributed by atoms with Crippen molar-refractivity contribution in [3.8, 4) is 0 Å². The zero-order valence-corrected chi connectivity index (χ0v) is 51.7. The lowest BCUT2D eigenvalue weighted by molar-refractivity contribution is -0.167. The standard InChI is InChI=1S/C72H126O6/c1-4-7-10-13-16-19-22-25-27-28-29-30-31-32-33-34-35-36-37-38-39-40-41-42-43-44-46-47-50-53-56-59-62-65-71(74)77-68-69(67-76-70(73)64-61-58-55-52-49-24-21-18-15-12-9-6-3)78-72(75)66-63-60-57-54-51-48-45-26-23-20-17-14-11-8-5-2/h8,11,17-18,20-22,25-26,28-29,31-32,45,69H,4-7,9-10,12-16,19,23-24,27,30,33-44,46-68H2,1-3H3/b11-8-,20-17-,21-18-,25-22-,29-28-,32-31-,45-26-. The van der Waals surface area contributed by atoms with Crippen LogP contribution in [-0.2, 0) is 28.6 Å². The van der Waals surface area contributed by atoms with Gasteiger partial charge in [-0.1, -0.05) is 286 Å². The van der Waals surface area contributed by atoms with Gasteiger partial charge >= 0.3 is 17.9 Å². The second-order valence-corrected chi connectivity index (χ2v) is 22.3. The maximum atomic E-state index is 12.9. The summed E-state index contributed by atoms with van der Waals surface area (Å²) in [7, 11) is 0. The average Bonchev–Trinajstić information content (AvgIpc) is 3.44. The van der Waals surface area contributed by atoms with Crippen LogP contribution in [0.4, 0.5) is 0 Å². The molecule has 0 aromatic rings. The number of ether oxygens (including phenoxy) is 3. The van der Waals surface area contributed by atoms with Crippen LogP contribution in [0.3, 0.4) is 0 Å². The molecule has 6 heteroatoms. The van der Waals surface area contributed by atoms with E-state index < -0.39 is 6.10 Å². The van der Waals surface area contributed by atoms with Crippen LogP contribution in [0, 0.1) is 0 Å². The molecule has 0 aliphatic heterocycles. The average molecular weight is 1090 g/mol. The number of allylic oxidation sites excluding steroid dienone is 14. The van der Waals surface area contributed by atoms with Crippen molar-refractivity contribution in [2.75, 3.05) is 13.2 Å². The van der Waals surface area contributed by atoms with Crippen molar-refractivity contribution in [3.63, 3.8) is 0 Å². The molecular weight excluding hydrogens is 961 g/mol. The highest BCUT2D eigenvalue weighted by atomic mass is 16.6. The molecule has 0 heterocycles. The van der Waals surface area contributed by atoms with E-state index in [-0.39, 0.29) is 31.1 Å². The first-order chi connectivity index (χ1) is 38.5. The minimum absolute atomic E-state index is 0.0837. The number of rotatable bonds is 61. The highest BCUT2D eigenvalue weighted by Gasteiger charge is 2.19. The van der Waals surface area contributed by atoms with Gasteiger partial charge in [0.25, 0.3) is 0 Å². The van der Waals surface area contributed by atoms with Gasteiger partial charge in [-0.2, -0.15) is 0 Å². The SMILES string of the molecule is CC/C=C\C/C=C\C/C=C\CCCCCCCC(=O)OC(COC(=O)CCCCCCC/C=C\CCCCC)COC(=O)CCCCCCCCCCCCCCCCCCCC/C=C\C/C=C\C/C=C\CCCCCCC. The van der Waals surface area contributed by atoms with Gasteiger partial charge in [-0.3, -0.25) is 14.4 Å². The van der Waals surface area contributed by atoms with Gasteiger partial charge in [-0.15, -0.1) is 0 Å². The van der Waals surface area contributed by atoms with Crippen LogP contribution in [0.15, 0.2) is 85.1 Å². The fourth-order valence-corrected chi connectivity index (χ4v) is 9.58. The number of hydrogen-bond donors (Lipinski definition) is 0. The summed E-state index contributed by atoms with van der Waals surface area (Å²) in [5.74, 6) is -0.898. The first kappa shape index (κ1) is 74.6. The van der Waals surface area contributed by atoms with E-state index in [1.807, 2.05) is 0 Å². The van der Waals surface area contributed by atoms with E-state index in [0.717, 1.165) is 116 Å². The minimum atomic E-state index is -0.788. The normalized spacial score (nSPS) is 12.6. The zero-order chi connectivity index (χ0) is 56.4. The van der Waals surface area contributed by atoms with Crippen LogP contribution >= 0.6 is 0 Å². The molecule has 0 radical (unpaired) electrons. The Morgan fingerprint density at radius 2 is 0.500 bits per heavy atom. The second-order valence-electron chi connectivity index (χ2n) is 22.3. The van der Waals surface area contributed by atoms with Crippen LogP contribution in [0.1, 0.15) is 335 Å². The van der Waals surface area contributed by atoms with Crippen molar-refractivity contribution in [2.45, 2.75) is 341 Å². The lowest BCUT2D eigenvalue weighted by Crippen LogP contribution is -2.30. The molecule has 0 rings (SSSR count). The highest BCUT2D eigenvalue weighted by molar-refractivity contribution is 5.71. The van der Waals surface area contributed by atoms with Crippen LogP contribution in [0.25, 0.3) is 0 Å². The molecule has 0 saturated heterocycles. The molecule has 0 spiro atoms. The molecule has 0 aliphatic carbocycles. The number of carbonyl (C=O) groups excluding carboxylic acids is 3. The number of unbranched alkanes of at least 4 members (excludes halogenated alkanes) is 36. The molecule has 0 aromatic heterocycles. The molecule has 6 nitrogen and oxygen atoms in total. The number of esters is 3. The Hall–Kier alpha value is -3.41. The monoisotopic (exact) mass is 1090 g/mol. The lowest BCUT2D eigenvalue weighted by atomic mass is 10.0. The van der Waals surface area contributed by atoms with E-state index in [4.69, 9.17) is 14.2 Å². The third-order valence-corrected chi connectivity index (χ3v) is 14.6. The Morgan fingerprint density at radius 3 is 0.821 bits per heavy atom. The molecule has 1 atom stereocenters. The van der Waals surface area contributed by atoms with Gasteiger partial charge in [0.1, 0.15) is 13.2 Å². The van der Waals surface area contributed by atoms with Gasteiger partial charge in [0, 0.05) is 19.3 Å². The quantitative estimate of drug-likeness (QED) is 0.0261. The summed E-state index contributed by atoms with van der Waals surface area (Å²) in [5.41, 5.74) is 0. The van der Waals surface area contributed by atoms with Crippen molar-refractivity contribution < 1.29 is 28.6 Å². The van der Waals surface area contributed by atoms with Gasteiger partial charge in [-0.05, 0) is 116 Å². The predicted octanol–water partition coefficient (Wildman–Crippen LogP) is 23.1. The Morgan fingerprint density at radius 1 is 0.269 bits per heavy atom. The summed E-state index contributed by atoms with van der Waals surface area (Å²) < 4.78 is 16.9. The van der Waals surface area contributed by atoms with E-state index in [0.29, 0.717) is 19.3 Å². The molecule has 0 N–H and O–H groups in total. The summed E-state index contributed by atoms with van der Waals surface area (Å²) >= 11 is 0. The Labute approximate surface area is 484 Å². The molecule has 0 bridgehead atoms. The third-order valence-electron chi connectivity index (χ3n) is 14.6. The van der Waals surface area contributed by atoms with E-state index in [2.05, 4.69) is 106 Å². The summed E-state index contributed by atoms with van der Waals surface area (Å²) in [5, 5.41) is 0. The highest BCUT2D eigenvalue weighted by Crippen LogP contribution is 2.17. The van der Waals surface area contributed by atoms with Gasteiger partial charge in [0.15, 0.2) is 6.10 Å². The van der Waals surface area contributed by atoms with Crippen LogP contribution in [0.5, 0.6) is 0 Å². The van der Waals surface area contributed by atoms with Crippen molar-refractivity contribution in [1.82, 2.24) is 0 Å². The molecule has 0 saturated carbocycles. The van der Waals surface area contributed by atoms with Crippen LogP contribution in [-0.4, -0.2) is 37.2 Å². The third kappa shape index (κ3) is 63.4. The lowest BCUT2D eigenvalue weighted by Gasteiger charge is -2.18. The van der Waals surface area contributed by atoms with Gasteiger partial charge in [0.05, 0.1) is 0 Å². The predicted molar refractivity (Wildman–Crippen MR) is 339 cm³/mol. The smallest absolute Gasteiger partial charge is 0.306 e. The first-order valence-corrected chi connectivity index (χ1v) is 33.6. The fraction of sp³-hybridized carbons (Fsp3) is 0.764. The Bertz CT molecular complexity index is 1480. The van der Waals surface area contributed by atoms with E-state index in [9.17, 15) is 14.4 Å². The van der Waals surface area contributed by atoms with Crippen molar-refractivity contribution >= 4 is 17.9 Å². The number of carbonyl (C=O) groups is 3. The van der Waals surface area contributed by atoms with Crippen LogP contribution in [0.2, 0.25) is 0 Å². The van der Waals surface area contributed by atoms with Crippen LogP contribution < -0.4 is 0 Å². The van der Waals surface area contributed by atoms with Crippen molar-refractivity contribution in [1.29, 1.82) is 0 Å². The summed E-state index contributed by atoms with van der Waals surface area (Å²) in [6.07, 6.45) is 87.6. The summed E-state index contributed by atoms with van der Waals surface area (Å²) in [6, 6.07) is 0. The zero-order valence-electron chi connectivity index (χ0n) is 51.7. The van der Waals surface area contributed by atoms with Gasteiger partial charge in [-0.25, -0.2) is 0 Å². The maximum absolute atomic E-state index is 12.9. The Balaban J connectivity index is 4.13. The molecule has 450 valence electrons. The topological polar surface area (TPSA) is 78.9 Å². The summed E-state index contributed by atoms with van der Waals surface area (Å²) in [6.45, 7) is 6.50. The number of hydrogen-bond acceptors (Lipinski definition) is 6. The molecule has 0 aliphatic rings. The van der Waals surface area contributed by atoms with Gasteiger partial charge < -0.3 is 14.2 Å². The fourth-order valence-electron chi connectivity index (χ4n) is 9.58. The molecule has 0 amide bonds.